The lowest BCUT2D eigenvalue weighted by molar-refractivity contribution is -0.116. The molecule has 8 nitrogen and oxygen atoms in total. The van der Waals surface area contributed by atoms with Crippen LogP contribution < -0.4 is 21.6 Å². The normalized spacial score (nSPS) is 12.2. The largest absolute Gasteiger partial charge is 0.403 e. The molecular formula is C32H32FN7O. The van der Waals surface area contributed by atoms with Gasteiger partial charge in [-0.05, 0) is 61.7 Å². The molecule has 4 aromatic heterocycles. The Morgan fingerprint density at radius 2 is 1.93 bits per heavy atom. The maximum atomic E-state index is 14.0. The second-order valence-electron chi connectivity index (χ2n) is 10.1. The Labute approximate surface area is 236 Å². The number of carbonyl (C=O) groups excluding carboxylic acids is 1. The van der Waals surface area contributed by atoms with Crippen molar-refractivity contribution in [2.75, 3.05) is 5.32 Å². The van der Waals surface area contributed by atoms with E-state index in [-0.39, 0.29) is 11.7 Å². The van der Waals surface area contributed by atoms with Crippen LogP contribution in [0.4, 0.5) is 10.1 Å². The van der Waals surface area contributed by atoms with Gasteiger partial charge in [0.05, 0.1) is 34.6 Å². The van der Waals surface area contributed by atoms with Gasteiger partial charge in [0, 0.05) is 46.7 Å². The third-order valence-corrected chi connectivity index (χ3v) is 6.85. The molecule has 9 heteroatoms. The molecule has 41 heavy (non-hydrogen) atoms. The Bertz CT molecular complexity index is 1880. The number of rotatable bonds is 8. The zero-order valence-electron chi connectivity index (χ0n) is 23.3. The van der Waals surface area contributed by atoms with Crippen molar-refractivity contribution in [3.8, 4) is 22.5 Å². The van der Waals surface area contributed by atoms with E-state index in [4.69, 9.17) is 5.73 Å². The van der Waals surface area contributed by atoms with E-state index in [1.54, 1.807) is 30.9 Å². The van der Waals surface area contributed by atoms with Crippen LogP contribution >= 0.6 is 0 Å². The standard InChI is InChI=1S/C32H32FN7O/c1-4-5-9-31(41)37-23-11-21(15-35-16-23)24(19(2)3)12-26-29(14-34)39-40-32(26)28-13-25-27(17-36-18-30(25)38-28)20-7-6-8-22(33)10-20/h6-8,10-18,38-39H,4-5,9,34H2,1-3H3,(H,37,41)/b26-12+,29-14+. The first kappa shape index (κ1) is 27.5. The van der Waals surface area contributed by atoms with Crippen LogP contribution in [0.3, 0.4) is 0 Å². The van der Waals surface area contributed by atoms with Crippen LogP contribution in [0.5, 0.6) is 0 Å². The van der Waals surface area contributed by atoms with Crippen molar-refractivity contribution in [3.05, 3.63) is 88.7 Å². The van der Waals surface area contributed by atoms with Gasteiger partial charge in [0.15, 0.2) is 0 Å². The van der Waals surface area contributed by atoms with Gasteiger partial charge in [0.2, 0.25) is 5.91 Å². The lowest BCUT2D eigenvalue weighted by atomic mass is 10.0. The second kappa shape index (κ2) is 12.0. The van der Waals surface area contributed by atoms with Gasteiger partial charge < -0.3 is 16.0 Å². The average Bonchev–Trinajstić information content (AvgIpc) is 3.58. The van der Waals surface area contributed by atoms with Crippen molar-refractivity contribution in [1.29, 1.82) is 0 Å². The summed E-state index contributed by atoms with van der Waals surface area (Å²) in [5.74, 6) is -0.340. The lowest BCUT2D eigenvalue weighted by Crippen LogP contribution is -2.25. The minimum Gasteiger partial charge on any atom is -0.403 e. The van der Waals surface area contributed by atoms with Crippen molar-refractivity contribution in [2.45, 2.75) is 40.0 Å². The number of nitrogens with two attached hydrogens (primary N) is 1. The summed E-state index contributed by atoms with van der Waals surface area (Å²) in [5, 5.41) is 12.9. The fourth-order valence-electron chi connectivity index (χ4n) is 4.78. The minimum atomic E-state index is -0.309. The first-order valence-electron chi connectivity index (χ1n) is 13.5. The maximum Gasteiger partial charge on any atom is 0.224 e. The van der Waals surface area contributed by atoms with Crippen LogP contribution in [0.2, 0.25) is 0 Å². The monoisotopic (exact) mass is 549 g/mol. The SMILES string of the molecule is CCCCC(=O)Nc1cncc(C(/C=c2/c(-c3cc4c(-c5cccc(F)c5)cncc4[nH]3)n[nH]/c2=C/N)=C(C)C)c1. The highest BCUT2D eigenvalue weighted by Gasteiger charge is 2.14. The first-order valence-corrected chi connectivity index (χ1v) is 13.5. The van der Waals surface area contributed by atoms with E-state index >= 15 is 0 Å². The van der Waals surface area contributed by atoms with E-state index in [0.717, 1.165) is 62.5 Å². The number of hydrogen-bond acceptors (Lipinski definition) is 5. The summed E-state index contributed by atoms with van der Waals surface area (Å²) in [5.41, 5.74) is 13.2. The van der Waals surface area contributed by atoms with Crippen molar-refractivity contribution in [1.82, 2.24) is 25.1 Å². The highest BCUT2D eigenvalue weighted by molar-refractivity contribution is 5.98. The number of unbranched alkanes of at least 4 members (excludes halogenated alkanes) is 1. The first-order chi connectivity index (χ1) is 19.9. The fraction of sp³-hybridized carbons (Fsp3) is 0.188. The third kappa shape index (κ3) is 5.94. The van der Waals surface area contributed by atoms with Gasteiger partial charge in [0.1, 0.15) is 11.5 Å². The molecular weight excluding hydrogens is 517 g/mol. The Balaban J connectivity index is 1.60. The second-order valence-corrected chi connectivity index (χ2v) is 10.1. The Kier molecular flexibility index (Phi) is 8.05. The van der Waals surface area contributed by atoms with Gasteiger partial charge >= 0.3 is 0 Å². The molecule has 0 spiro atoms. The molecule has 208 valence electrons. The molecule has 0 aliphatic rings. The number of benzene rings is 1. The van der Waals surface area contributed by atoms with Gasteiger partial charge in [-0.2, -0.15) is 5.10 Å². The summed E-state index contributed by atoms with van der Waals surface area (Å²) >= 11 is 0. The molecule has 0 aliphatic heterocycles. The zero-order chi connectivity index (χ0) is 28.9. The van der Waals surface area contributed by atoms with Gasteiger partial charge in [-0.25, -0.2) is 4.39 Å². The summed E-state index contributed by atoms with van der Waals surface area (Å²) in [6, 6.07) is 10.4. The number of H-pyrrole nitrogens is 2. The van der Waals surface area contributed by atoms with Crippen molar-refractivity contribution >= 4 is 40.3 Å². The summed E-state index contributed by atoms with van der Waals surface area (Å²) in [4.78, 5) is 24.5. The number of hydrogen-bond donors (Lipinski definition) is 4. The van der Waals surface area contributed by atoms with Gasteiger partial charge in [-0.1, -0.05) is 31.1 Å². The summed E-state index contributed by atoms with van der Waals surface area (Å²) < 4.78 is 14.0. The number of aromatic nitrogens is 5. The molecule has 5 aromatic rings. The number of allylic oxidation sites excluding steroid dienone is 2. The van der Waals surface area contributed by atoms with Crippen LogP contribution in [-0.2, 0) is 4.79 Å². The van der Waals surface area contributed by atoms with Crippen LogP contribution in [0.25, 0.3) is 51.3 Å². The van der Waals surface area contributed by atoms with Gasteiger partial charge in [-0.3, -0.25) is 19.9 Å². The van der Waals surface area contributed by atoms with E-state index in [9.17, 15) is 9.18 Å². The molecule has 0 bridgehead atoms. The van der Waals surface area contributed by atoms with E-state index in [1.165, 1.54) is 18.3 Å². The molecule has 5 rings (SSSR count). The molecule has 0 unspecified atom stereocenters. The number of nitrogens with zero attached hydrogens (tertiary/aromatic N) is 3. The highest BCUT2D eigenvalue weighted by Crippen LogP contribution is 2.31. The molecule has 0 saturated heterocycles. The molecule has 1 amide bonds. The van der Waals surface area contributed by atoms with Crippen molar-refractivity contribution in [3.63, 3.8) is 0 Å². The fourth-order valence-corrected chi connectivity index (χ4v) is 4.78. The van der Waals surface area contributed by atoms with E-state index in [2.05, 4.69) is 37.4 Å². The predicted octanol–water partition coefficient (Wildman–Crippen LogP) is 5.25. The smallest absolute Gasteiger partial charge is 0.224 e. The number of anilines is 1. The van der Waals surface area contributed by atoms with Crippen LogP contribution in [-0.4, -0.2) is 31.1 Å². The Morgan fingerprint density at radius 1 is 1.10 bits per heavy atom. The molecule has 4 heterocycles. The van der Waals surface area contributed by atoms with Crippen LogP contribution in [0, 0.1) is 5.82 Å². The van der Waals surface area contributed by atoms with E-state index < -0.39 is 0 Å². The summed E-state index contributed by atoms with van der Waals surface area (Å²) in [7, 11) is 0. The number of amides is 1. The van der Waals surface area contributed by atoms with E-state index in [1.807, 2.05) is 38.1 Å². The highest BCUT2D eigenvalue weighted by atomic mass is 19.1. The number of carbonyl (C=O) groups is 1. The number of nitrogens with one attached hydrogen (secondary N) is 3. The van der Waals surface area contributed by atoms with Gasteiger partial charge in [-0.15, -0.1) is 0 Å². The summed E-state index contributed by atoms with van der Waals surface area (Å²) in [6.45, 7) is 6.09. The number of halogens is 1. The number of fused-ring (bicyclic) bond motifs is 1. The quantitative estimate of drug-likeness (QED) is 0.210. The van der Waals surface area contributed by atoms with Crippen molar-refractivity contribution < 1.29 is 9.18 Å². The Morgan fingerprint density at radius 3 is 2.68 bits per heavy atom. The molecule has 1 aromatic carbocycles. The van der Waals surface area contributed by atoms with Crippen LogP contribution in [0.15, 0.2) is 66.8 Å². The molecule has 0 atom stereocenters. The molecule has 5 N–H and O–H groups in total. The van der Waals surface area contributed by atoms with Crippen LogP contribution in [0.1, 0.15) is 45.6 Å². The zero-order valence-corrected chi connectivity index (χ0v) is 23.3. The molecule has 0 radical (unpaired) electrons. The Hall–Kier alpha value is -5.05. The van der Waals surface area contributed by atoms with Crippen molar-refractivity contribution in [2.24, 2.45) is 5.73 Å². The average molecular weight is 550 g/mol. The predicted molar refractivity (Wildman–Crippen MR) is 162 cm³/mol. The topological polar surface area (TPSA) is 125 Å². The maximum absolute atomic E-state index is 14.0. The molecule has 0 fully saturated rings. The minimum absolute atomic E-state index is 0.0309. The molecule has 0 aliphatic carbocycles. The summed E-state index contributed by atoms with van der Waals surface area (Å²) in [6.07, 6.45) is 12.6. The lowest BCUT2D eigenvalue weighted by Gasteiger charge is -2.09. The van der Waals surface area contributed by atoms with E-state index in [0.29, 0.717) is 23.2 Å². The van der Waals surface area contributed by atoms with Gasteiger partial charge in [0.25, 0.3) is 0 Å². The number of aromatic amines is 2. The molecule has 0 saturated carbocycles. The number of pyridine rings is 2. The third-order valence-electron chi connectivity index (χ3n) is 6.85.